The Morgan fingerprint density at radius 1 is 1.44 bits per heavy atom. The van der Waals surface area contributed by atoms with Gasteiger partial charge in [0.15, 0.2) is 0 Å². The van der Waals surface area contributed by atoms with Gasteiger partial charge in [-0.2, -0.15) is 5.10 Å². The summed E-state index contributed by atoms with van der Waals surface area (Å²) in [6.45, 7) is 6.21. The van der Waals surface area contributed by atoms with E-state index in [-0.39, 0.29) is 0 Å². The van der Waals surface area contributed by atoms with Gasteiger partial charge in [0.25, 0.3) is 0 Å². The Morgan fingerprint density at radius 2 is 2.17 bits per heavy atom. The molecule has 0 saturated heterocycles. The van der Waals surface area contributed by atoms with Gasteiger partial charge in [0.05, 0.1) is 11.8 Å². The molecule has 1 aromatic rings. The van der Waals surface area contributed by atoms with Crippen LogP contribution in [0.25, 0.3) is 0 Å². The zero-order valence-corrected chi connectivity index (χ0v) is 11.5. The maximum Gasteiger partial charge on any atom is 0.0928 e. The molecule has 0 atom stereocenters. The summed E-state index contributed by atoms with van der Waals surface area (Å²) in [6, 6.07) is 0.570. The molecule has 0 amide bonds. The zero-order chi connectivity index (χ0) is 13.0. The first-order valence-electron chi connectivity index (χ1n) is 7.16. The number of aromatic nitrogens is 2. The van der Waals surface area contributed by atoms with Gasteiger partial charge in [-0.1, -0.05) is 13.8 Å². The van der Waals surface area contributed by atoms with Gasteiger partial charge in [-0.05, 0) is 38.6 Å². The van der Waals surface area contributed by atoms with Crippen LogP contribution in [0, 0.1) is 0 Å². The largest absolute Gasteiger partial charge is 0.385 e. The van der Waals surface area contributed by atoms with Crippen molar-refractivity contribution in [1.82, 2.24) is 15.1 Å². The summed E-state index contributed by atoms with van der Waals surface area (Å²) in [6.07, 6.45) is 8.68. The maximum atomic E-state index is 10.7. The van der Waals surface area contributed by atoms with Crippen LogP contribution in [-0.4, -0.2) is 27.5 Å². The van der Waals surface area contributed by atoms with Crippen molar-refractivity contribution in [2.75, 3.05) is 6.54 Å². The molecule has 0 spiro atoms. The number of aryl methyl sites for hydroxylation is 1. The van der Waals surface area contributed by atoms with E-state index in [2.05, 4.69) is 24.3 Å². The van der Waals surface area contributed by atoms with Crippen LogP contribution in [0.4, 0.5) is 0 Å². The molecule has 1 aliphatic rings. The highest BCUT2D eigenvalue weighted by atomic mass is 16.3. The van der Waals surface area contributed by atoms with E-state index in [1.807, 2.05) is 17.1 Å². The third-order valence-corrected chi connectivity index (χ3v) is 3.93. The maximum absolute atomic E-state index is 10.7. The Morgan fingerprint density at radius 3 is 2.78 bits per heavy atom. The van der Waals surface area contributed by atoms with Crippen LogP contribution in [0.1, 0.15) is 51.5 Å². The lowest BCUT2D eigenvalue weighted by molar-refractivity contribution is -0.00822. The monoisotopic (exact) mass is 251 g/mol. The van der Waals surface area contributed by atoms with Gasteiger partial charge < -0.3 is 10.4 Å². The molecule has 2 rings (SSSR count). The average Bonchev–Trinajstić information content (AvgIpc) is 2.83. The lowest BCUT2D eigenvalue weighted by Gasteiger charge is -2.35. The number of hydrogen-bond donors (Lipinski definition) is 2. The van der Waals surface area contributed by atoms with E-state index in [1.54, 1.807) is 0 Å². The molecule has 4 nitrogen and oxygen atoms in total. The van der Waals surface area contributed by atoms with Gasteiger partial charge in [-0.15, -0.1) is 0 Å². The Balaban J connectivity index is 1.99. The first kappa shape index (κ1) is 13.6. The van der Waals surface area contributed by atoms with Crippen molar-refractivity contribution in [3.8, 4) is 0 Å². The fraction of sp³-hybridized carbons (Fsp3) is 0.786. The molecule has 0 aliphatic heterocycles. The molecule has 2 N–H and O–H groups in total. The highest BCUT2D eigenvalue weighted by Gasteiger charge is 2.35. The van der Waals surface area contributed by atoms with Gasteiger partial charge >= 0.3 is 0 Å². The van der Waals surface area contributed by atoms with E-state index < -0.39 is 5.60 Å². The average molecular weight is 251 g/mol. The van der Waals surface area contributed by atoms with Crippen molar-refractivity contribution in [3.63, 3.8) is 0 Å². The summed E-state index contributed by atoms with van der Waals surface area (Å²) in [5.41, 5.74) is 0.337. The van der Waals surface area contributed by atoms with Crippen molar-refractivity contribution < 1.29 is 5.11 Å². The molecule has 0 bridgehead atoms. The second kappa shape index (κ2) is 5.85. The van der Waals surface area contributed by atoms with E-state index >= 15 is 0 Å². The van der Waals surface area contributed by atoms with Crippen LogP contribution in [0.3, 0.4) is 0 Å². The fourth-order valence-electron chi connectivity index (χ4n) is 2.83. The molecule has 4 heteroatoms. The molecule has 18 heavy (non-hydrogen) atoms. The Bertz CT molecular complexity index is 367. The topological polar surface area (TPSA) is 50.1 Å². The number of rotatable bonds is 5. The molecular formula is C14H25N3O. The third kappa shape index (κ3) is 2.93. The minimum absolute atomic E-state index is 0.570. The molecule has 1 aliphatic carbocycles. The number of aliphatic hydroxyl groups is 1. The van der Waals surface area contributed by atoms with Crippen molar-refractivity contribution in [2.24, 2.45) is 0 Å². The van der Waals surface area contributed by atoms with Gasteiger partial charge in [0, 0.05) is 24.3 Å². The fourth-order valence-corrected chi connectivity index (χ4v) is 2.83. The van der Waals surface area contributed by atoms with Gasteiger partial charge in [-0.3, -0.25) is 4.68 Å². The summed E-state index contributed by atoms with van der Waals surface area (Å²) in [5, 5.41) is 18.5. The van der Waals surface area contributed by atoms with Gasteiger partial charge in [0.1, 0.15) is 0 Å². The molecule has 0 unspecified atom stereocenters. The van der Waals surface area contributed by atoms with Crippen molar-refractivity contribution in [2.45, 2.75) is 64.1 Å². The summed E-state index contributed by atoms with van der Waals surface area (Å²) >= 11 is 0. The van der Waals surface area contributed by atoms with Crippen molar-refractivity contribution >= 4 is 0 Å². The molecule has 1 saturated carbocycles. The minimum Gasteiger partial charge on any atom is -0.385 e. The Hall–Kier alpha value is -0.870. The molecule has 0 aromatic carbocycles. The van der Waals surface area contributed by atoms with Crippen LogP contribution >= 0.6 is 0 Å². The molecule has 102 valence electrons. The highest BCUT2D eigenvalue weighted by molar-refractivity contribution is 5.16. The summed E-state index contributed by atoms with van der Waals surface area (Å²) in [7, 11) is 0. The highest BCUT2D eigenvalue weighted by Crippen LogP contribution is 2.36. The Kier molecular flexibility index (Phi) is 4.40. The first-order chi connectivity index (χ1) is 8.68. The lowest BCUT2D eigenvalue weighted by Crippen LogP contribution is -2.39. The lowest BCUT2D eigenvalue weighted by atomic mass is 9.79. The molecule has 1 fully saturated rings. The molecule has 1 heterocycles. The smallest absolute Gasteiger partial charge is 0.0928 e. The van der Waals surface area contributed by atoms with Gasteiger partial charge in [0.2, 0.25) is 0 Å². The van der Waals surface area contributed by atoms with E-state index in [0.29, 0.717) is 6.04 Å². The number of nitrogens with one attached hydrogen (secondary N) is 1. The molecule has 1 aromatic heterocycles. The van der Waals surface area contributed by atoms with Crippen LogP contribution in [0.15, 0.2) is 12.4 Å². The second-order valence-corrected chi connectivity index (χ2v) is 5.36. The van der Waals surface area contributed by atoms with Crippen molar-refractivity contribution in [1.29, 1.82) is 0 Å². The molecule has 0 radical (unpaired) electrons. The SMILES string of the molecule is CCCn1cc(C2(O)CCC(NCC)CC2)cn1. The predicted octanol–water partition coefficient (Wildman–Crippen LogP) is 2.03. The second-order valence-electron chi connectivity index (χ2n) is 5.36. The van der Waals surface area contributed by atoms with Crippen LogP contribution in [0.2, 0.25) is 0 Å². The standard InChI is InChI=1S/C14H25N3O/c1-3-9-17-11-12(10-16-17)14(18)7-5-13(6-8-14)15-4-2/h10-11,13,15,18H,3-9H2,1-2H3. The normalized spacial score (nSPS) is 28.5. The van der Waals surface area contributed by atoms with Crippen LogP contribution < -0.4 is 5.32 Å². The van der Waals surface area contributed by atoms with E-state index in [4.69, 9.17) is 0 Å². The predicted molar refractivity (Wildman–Crippen MR) is 72.3 cm³/mol. The first-order valence-corrected chi connectivity index (χ1v) is 7.16. The van der Waals surface area contributed by atoms with E-state index in [0.717, 1.165) is 50.8 Å². The minimum atomic E-state index is -0.655. The van der Waals surface area contributed by atoms with E-state index in [1.165, 1.54) is 0 Å². The Labute approximate surface area is 109 Å². The number of nitrogens with zero attached hydrogens (tertiary/aromatic N) is 2. The third-order valence-electron chi connectivity index (χ3n) is 3.93. The summed E-state index contributed by atoms with van der Waals surface area (Å²) in [5.74, 6) is 0. The van der Waals surface area contributed by atoms with Crippen molar-refractivity contribution in [3.05, 3.63) is 18.0 Å². The molecular weight excluding hydrogens is 226 g/mol. The summed E-state index contributed by atoms with van der Waals surface area (Å²) < 4.78 is 1.93. The van der Waals surface area contributed by atoms with Crippen LogP contribution in [0.5, 0.6) is 0 Å². The number of hydrogen-bond acceptors (Lipinski definition) is 3. The van der Waals surface area contributed by atoms with Crippen LogP contribution in [-0.2, 0) is 12.1 Å². The zero-order valence-electron chi connectivity index (χ0n) is 11.5. The quantitative estimate of drug-likeness (QED) is 0.842. The summed E-state index contributed by atoms with van der Waals surface area (Å²) in [4.78, 5) is 0. The van der Waals surface area contributed by atoms with E-state index in [9.17, 15) is 5.11 Å². The van der Waals surface area contributed by atoms with Gasteiger partial charge in [-0.25, -0.2) is 0 Å².